The first-order chi connectivity index (χ1) is 24.8. The summed E-state index contributed by atoms with van der Waals surface area (Å²) in [5, 5.41) is 10.0. The Labute approximate surface area is 307 Å². The van der Waals surface area contributed by atoms with Gasteiger partial charge in [-0.25, -0.2) is 14.4 Å². The molecule has 2 aliphatic heterocycles. The molecule has 1 aromatic carbocycles. The lowest BCUT2D eigenvalue weighted by Crippen LogP contribution is -2.41. The van der Waals surface area contributed by atoms with Crippen LogP contribution in [-0.2, 0) is 23.3 Å². The van der Waals surface area contributed by atoms with Gasteiger partial charge in [-0.1, -0.05) is 60.2 Å². The number of fused-ring (bicyclic) bond motifs is 1. The zero-order valence-electron chi connectivity index (χ0n) is 28.5. The summed E-state index contributed by atoms with van der Waals surface area (Å²) in [7, 11) is 3.65. The monoisotopic (exact) mass is 727 g/mol. The Kier molecular flexibility index (Phi) is 10.4. The normalized spacial score (nSPS) is 22.8. The number of carbonyl (C=O) groups excluding carboxylic acids is 1. The van der Waals surface area contributed by atoms with Gasteiger partial charge in [0, 0.05) is 74.1 Å². The van der Waals surface area contributed by atoms with E-state index in [-0.39, 0.29) is 23.8 Å². The molecule has 0 bridgehead atoms. The van der Waals surface area contributed by atoms with E-state index < -0.39 is 10.8 Å². The summed E-state index contributed by atoms with van der Waals surface area (Å²) in [6.07, 6.45) is 11.2. The van der Waals surface area contributed by atoms with Crippen LogP contribution in [0.5, 0.6) is 5.88 Å². The van der Waals surface area contributed by atoms with E-state index in [0.29, 0.717) is 42.7 Å². The predicted octanol–water partition coefficient (Wildman–Crippen LogP) is 6.26. The lowest BCUT2D eigenvalue weighted by Gasteiger charge is -2.40. The predicted molar refractivity (Wildman–Crippen MR) is 199 cm³/mol. The van der Waals surface area contributed by atoms with Gasteiger partial charge in [0.15, 0.2) is 0 Å². The third-order valence-corrected chi connectivity index (χ3v) is 10.9. The Bertz CT molecular complexity index is 1990. The summed E-state index contributed by atoms with van der Waals surface area (Å²) in [6, 6.07) is 17.5. The average molecular weight is 729 g/mol. The van der Waals surface area contributed by atoms with E-state index in [1.165, 1.54) is 12.3 Å². The zero-order valence-corrected chi connectivity index (χ0v) is 30.0. The lowest BCUT2D eigenvalue weighted by atomic mass is 9.70. The number of nitrogens with zero attached hydrogens (tertiary/aromatic N) is 4. The molecule has 9 nitrogen and oxygen atoms in total. The summed E-state index contributed by atoms with van der Waals surface area (Å²) in [6.45, 7) is 2.42. The van der Waals surface area contributed by atoms with Crippen molar-refractivity contribution in [3.63, 3.8) is 0 Å². The van der Waals surface area contributed by atoms with Crippen LogP contribution in [0.4, 0.5) is 10.2 Å². The third-order valence-electron chi connectivity index (χ3n) is 9.97. The highest BCUT2D eigenvalue weighted by Gasteiger charge is 2.46. The van der Waals surface area contributed by atoms with E-state index in [0.717, 1.165) is 58.7 Å². The SMILES string of the molecule is COc1nc(C2(c3ccc4c(n3)N(C)CCC4NCc3cncc(F)c3)C=CC=C(c3ccccc3Cl)C2Cl)ccc1CNC[C@@H]1CCC(=O)N1. The lowest BCUT2D eigenvalue weighted by molar-refractivity contribution is -0.119. The van der Waals surface area contributed by atoms with Crippen LogP contribution < -0.4 is 25.6 Å². The van der Waals surface area contributed by atoms with Gasteiger partial charge in [0.2, 0.25) is 11.8 Å². The van der Waals surface area contributed by atoms with Gasteiger partial charge in [-0.3, -0.25) is 9.78 Å². The Morgan fingerprint density at radius 3 is 2.69 bits per heavy atom. The van der Waals surface area contributed by atoms with Crippen molar-refractivity contribution in [2.24, 2.45) is 0 Å². The molecule has 264 valence electrons. The molecular weight excluding hydrogens is 688 g/mol. The number of pyridine rings is 3. The fourth-order valence-corrected chi connectivity index (χ4v) is 8.01. The number of aromatic nitrogens is 3. The maximum atomic E-state index is 13.8. The highest BCUT2D eigenvalue weighted by molar-refractivity contribution is 6.34. The first kappa shape index (κ1) is 35.1. The van der Waals surface area contributed by atoms with Gasteiger partial charge in [0.1, 0.15) is 11.6 Å². The van der Waals surface area contributed by atoms with Gasteiger partial charge >= 0.3 is 0 Å². The minimum absolute atomic E-state index is 0.00630. The minimum Gasteiger partial charge on any atom is -0.481 e. The van der Waals surface area contributed by atoms with Crippen LogP contribution in [0, 0.1) is 5.82 Å². The highest BCUT2D eigenvalue weighted by atomic mass is 35.5. The second-order valence-corrected chi connectivity index (χ2v) is 14.1. The Morgan fingerprint density at radius 2 is 1.90 bits per heavy atom. The van der Waals surface area contributed by atoms with Crippen LogP contribution >= 0.6 is 23.2 Å². The topological polar surface area (TPSA) is 104 Å². The van der Waals surface area contributed by atoms with Crippen molar-refractivity contribution in [3.05, 3.63) is 130 Å². The molecule has 1 aliphatic carbocycles. The summed E-state index contributed by atoms with van der Waals surface area (Å²) in [5.74, 6) is 1.05. The molecule has 3 unspecified atom stereocenters. The molecule has 4 aromatic rings. The first-order valence-corrected chi connectivity index (χ1v) is 18.0. The highest BCUT2D eigenvalue weighted by Crippen LogP contribution is 2.49. The number of rotatable bonds is 11. The molecule has 7 rings (SSSR count). The van der Waals surface area contributed by atoms with E-state index in [1.54, 1.807) is 13.3 Å². The quantitative estimate of drug-likeness (QED) is 0.156. The number of benzene rings is 1. The number of carbonyl (C=O) groups is 1. The third kappa shape index (κ3) is 7.10. The fourth-order valence-electron chi connectivity index (χ4n) is 7.28. The number of anilines is 1. The van der Waals surface area contributed by atoms with Crippen molar-refractivity contribution >= 4 is 40.5 Å². The maximum Gasteiger partial charge on any atom is 0.220 e. The maximum absolute atomic E-state index is 13.8. The van der Waals surface area contributed by atoms with Crippen LogP contribution in [0.25, 0.3) is 5.57 Å². The van der Waals surface area contributed by atoms with E-state index in [9.17, 15) is 9.18 Å². The molecule has 0 radical (unpaired) electrons. The Morgan fingerprint density at radius 1 is 1.08 bits per heavy atom. The standard InChI is InChI=1S/C39H40Cl2FN7O2/c1-49-17-15-32(45-20-24-18-26(42)22-43-19-24)30-11-13-33(47-37(30)49)39(16-5-7-29(36(39)41)28-6-3-4-8-31(28)40)34-12-9-25(38(48-34)51-2)21-44-23-27-10-14-35(50)46-27/h3-9,11-13,16,18-19,22,27,32,36,44-45H,10,14-15,17,20-21,23H2,1-2H3,(H,46,50)/t27-,32?,36?,39?/m0/s1. The fraction of sp³-hybridized carbons (Fsp3) is 0.333. The molecule has 5 heterocycles. The minimum atomic E-state index is -0.998. The number of alkyl halides is 1. The zero-order chi connectivity index (χ0) is 35.5. The van der Waals surface area contributed by atoms with Gasteiger partial charge in [-0.05, 0) is 53.8 Å². The number of amides is 1. The van der Waals surface area contributed by atoms with Crippen molar-refractivity contribution in [2.45, 2.75) is 55.2 Å². The average Bonchev–Trinajstić information content (AvgIpc) is 3.56. The second-order valence-electron chi connectivity index (χ2n) is 13.3. The number of hydrogen-bond acceptors (Lipinski definition) is 8. The van der Waals surface area contributed by atoms with Crippen LogP contribution in [0.2, 0.25) is 5.02 Å². The molecule has 1 saturated heterocycles. The molecule has 4 atom stereocenters. The van der Waals surface area contributed by atoms with Crippen molar-refractivity contribution < 1.29 is 13.9 Å². The van der Waals surface area contributed by atoms with Crippen LogP contribution in [0.3, 0.4) is 0 Å². The molecule has 0 spiro atoms. The number of allylic oxidation sites excluding steroid dienone is 4. The first-order valence-electron chi connectivity index (χ1n) is 17.1. The summed E-state index contributed by atoms with van der Waals surface area (Å²) >= 11 is 14.4. The van der Waals surface area contributed by atoms with Gasteiger partial charge in [0.05, 0.1) is 35.5 Å². The number of nitrogens with one attached hydrogen (secondary N) is 3. The van der Waals surface area contributed by atoms with Crippen molar-refractivity contribution in [3.8, 4) is 5.88 Å². The summed E-state index contributed by atoms with van der Waals surface area (Å²) in [4.78, 5) is 28.3. The number of hydrogen-bond donors (Lipinski definition) is 3. The molecule has 51 heavy (non-hydrogen) atoms. The number of ether oxygens (including phenoxy) is 1. The molecule has 1 fully saturated rings. The Hall–Kier alpha value is -4.35. The van der Waals surface area contributed by atoms with Crippen LogP contribution in [0.15, 0.2) is 85.2 Å². The smallest absolute Gasteiger partial charge is 0.220 e. The molecule has 3 N–H and O–H groups in total. The van der Waals surface area contributed by atoms with E-state index in [1.807, 2.05) is 61.7 Å². The summed E-state index contributed by atoms with van der Waals surface area (Å²) < 4.78 is 19.7. The van der Waals surface area contributed by atoms with E-state index >= 15 is 0 Å². The van der Waals surface area contributed by atoms with Crippen LogP contribution in [0.1, 0.15) is 58.9 Å². The number of halogens is 3. The van der Waals surface area contributed by atoms with Crippen LogP contribution in [-0.4, -0.2) is 59.5 Å². The molecule has 1 amide bonds. The molecule has 3 aromatic heterocycles. The van der Waals surface area contributed by atoms with Gasteiger partial charge < -0.3 is 25.6 Å². The molecule has 3 aliphatic rings. The summed E-state index contributed by atoms with van der Waals surface area (Å²) in [5.41, 5.74) is 4.81. The second kappa shape index (κ2) is 15.1. The molecule has 0 saturated carbocycles. The van der Waals surface area contributed by atoms with E-state index in [2.05, 4.69) is 38.0 Å². The van der Waals surface area contributed by atoms with Gasteiger partial charge in [0.25, 0.3) is 0 Å². The largest absolute Gasteiger partial charge is 0.481 e. The van der Waals surface area contributed by atoms with Crippen molar-refractivity contribution in [1.82, 2.24) is 30.9 Å². The van der Waals surface area contributed by atoms with E-state index in [4.69, 9.17) is 37.9 Å². The van der Waals surface area contributed by atoms with Crippen molar-refractivity contribution in [2.75, 3.05) is 32.1 Å². The Balaban J connectivity index is 1.26. The molecule has 12 heteroatoms. The van der Waals surface area contributed by atoms with Crippen molar-refractivity contribution in [1.29, 1.82) is 0 Å². The molecular formula is C39H40Cl2FN7O2. The van der Waals surface area contributed by atoms with Gasteiger partial charge in [-0.2, -0.15) is 0 Å². The number of methoxy groups -OCH3 is 1. The van der Waals surface area contributed by atoms with Gasteiger partial charge in [-0.15, -0.1) is 11.6 Å².